The van der Waals surface area contributed by atoms with Gasteiger partial charge in [0.25, 0.3) is 0 Å². The predicted octanol–water partition coefficient (Wildman–Crippen LogP) is 2.40. The van der Waals surface area contributed by atoms with E-state index in [1.165, 1.54) is 6.07 Å². The Morgan fingerprint density at radius 2 is 1.95 bits per heavy atom. The Morgan fingerprint density at radius 3 is 2.55 bits per heavy atom. The van der Waals surface area contributed by atoms with Crippen molar-refractivity contribution in [2.75, 3.05) is 5.32 Å². The van der Waals surface area contributed by atoms with E-state index in [1.807, 2.05) is 24.3 Å². The minimum atomic E-state index is -0.447. The zero-order valence-corrected chi connectivity index (χ0v) is 11.0. The lowest BCUT2D eigenvalue weighted by molar-refractivity contribution is -0.384. The molecule has 0 amide bonds. The average molecular weight is 273 g/mol. The summed E-state index contributed by atoms with van der Waals surface area (Å²) < 4.78 is 0. The number of rotatable bonds is 5. The third kappa shape index (κ3) is 3.30. The summed E-state index contributed by atoms with van der Waals surface area (Å²) in [7, 11) is 0. The second kappa shape index (κ2) is 6.12. The number of nitrogens with one attached hydrogen (secondary N) is 1. The summed E-state index contributed by atoms with van der Waals surface area (Å²) in [6.07, 6.45) is 1.59. The zero-order chi connectivity index (χ0) is 14.5. The first kappa shape index (κ1) is 14.0. The maximum atomic E-state index is 11.0. The van der Waals surface area contributed by atoms with Gasteiger partial charge < -0.3 is 10.4 Å². The van der Waals surface area contributed by atoms with E-state index >= 15 is 0 Å². The smallest absolute Gasteiger partial charge is 0.311 e. The quantitative estimate of drug-likeness (QED) is 0.645. The Bertz CT molecular complexity index is 612. The lowest BCUT2D eigenvalue weighted by Gasteiger charge is -2.07. The maximum absolute atomic E-state index is 11.0. The summed E-state index contributed by atoms with van der Waals surface area (Å²) in [4.78, 5) is 14.6. The lowest BCUT2D eigenvalue weighted by Crippen LogP contribution is -2.05. The Morgan fingerprint density at radius 1 is 1.30 bits per heavy atom. The van der Waals surface area contributed by atoms with Crippen LogP contribution in [0.3, 0.4) is 0 Å². The predicted molar refractivity (Wildman–Crippen MR) is 75.3 cm³/mol. The normalized spacial score (nSPS) is 10.3. The monoisotopic (exact) mass is 273 g/mol. The van der Waals surface area contributed by atoms with Crippen molar-refractivity contribution >= 4 is 11.5 Å². The van der Waals surface area contributed by atoms with Crippen LogP contribution in [0.5, 0.6) is 0 Å². The van der Waals surface area contributed by atoms with Gasteiger partial charge in [0.2, 0.25) is 5.82 Å². The van der Waals surface area contributed by atoms with Crippen molar-refractivity contribution in [2.45, 2.75) is 20.1 Å². The second-order valence-corrected chi connectivity index (χ2v) is 4.47. The minimum Gasteiger partial charge on any atom is -0.392 e. The molecule has 1 heterocycles. The molecular weight excluding hydrogens is 258 g/mol. The number of hydrogen-bond acceptors (Lipinski definition) is 5. The fourth-order valence-electron chi connectivity index (χ4n) is 1.78. The number of benzene rings is 1. The molecule has 0 aliphatic heterocycles. The van der Waals surface area contributed by atoms with Gasteiger partial charge in [-0.15, -0.1) is 0 Å². The number of nitrogens with zero attached hydrogens (tertiary/aromatic N) is 2. The van der Waals surface area contributed by atoms with Gasteiger partial charge >= 0.3 is 5.69 Å². The van der Waals surface area contributed by atoms with Crippen molar-refractivity contribution in [3.63, 3.8) is 0 Å². The number of anilines is 1. The van der Waals surface area contributed by atoms with E-state index in [2.05, 4.69) is 10.3 Å². The van der Waals surface area contributed by atoms with E-state index in [4.69, 9.17) is 5.11 Å². The number of hydrogen-bond donors (Lipinski definition) is 2. The van der Waals surface area contributed by atoms with Crippen LogP contribution < -0.4 is 5.32 Å². The van der Waals surface area contributed by atoms with Crippen LogP contribution in [0, 0.1) is 17.0 Å². The number of aliphatic hydroxyl groups is 1. The molecule has 1 aromatic carbocycles. The first-order valence-corrected chi connectivity index (χ1v) is 6.13. The van der Waals surface area contributed by atoms with Crippen LogP contribution in [0.4, 0.5) is 11.5 Å². The minimum absolute atomic E-state index is 0.00129. The first-order chi connectivity index (χ1) is 9.60. The molecule has 6 nitrogen and oxygen atoms in total. The third-order valence-electron chi connectivity index (χ3n) is 2.87. The van der Waals surface area contributed by atoms with Crippen molar-refractivity contribution in [3.8, 4) is 0 Å². The van der Waals surface area contributed by atoms with Crippen LogP contribution >= 0.6 is 0 Å². The average Bonchev–Trinajstić information content (AvgIpc) is 2.46. The van der Waals surface area contributed by atoms with Crippen molar-refractivity contribution in [1.29, 1.82) is 0 Å². The molecule has 0 saturated carbocycles. The van der Waals surface area contributed by atoms with E-state index in [-0.39, 0.29) is 18.1 Å². The van der Waals surface area contributed by atoms with Gasteiger partial charge in [0.15, 0.2) is 0 Å². The van der Waals surface area contributed by atoms with Crippen LogP contribution in [0.25, 0.3) is 0 Å². The molecule has 0 radical (unpaired) electrons. The van der Waals surface area contributed by atoms with Crippen molar-refractivity contribution in [1.82, 2.24) is 4.98 Å². The van der Waals surface area contributed by atoms with Gasteiger partial charge in [0, 0.05) is 18.8 Å². The summed E-state index contributed by atoms with van der Waals surface area (Å²) in [6.45, 7) is 2.19. The molecule has 0 spiro atoms. The van der Waals surface area contributed by atoms with Crippen molar-refractivity contribution < 1.29 is 10.0 Å². The third-order valence-corrected chi connectivity index (χ3v) is 2.87. The Hall–Kier alpha value is -2.47. The highest BCUT2D eigenvalue weighted by Gasteiger charge is 2.14. The second-order valence-electron chi connectivity index (χ2n) is 4.47. The summed E-state index contributed by atoms with van der Waals surface area (Å²) in [6, 6.07) is 8.84. The molecule has 0 aliphatic rings. The first-order valence-electron chi connectivity index (χ1n) is 6.13. The van der Waals surface area contributed by atoms with E-state index in [0.717, 1.165) is 16.7 Å². The van der Waals surface area contributed by atoms with Crippen LogP contribution in [-0.2, 0) is 13.2 Å². The molecular formula is C14H15N3O3. The molecule has 0 fully saturated rings. The number of aliphatic hydroxyl groups excluding tert-OH is 1. The molecule has 20 heavy (non-hydrogen) atoms. The molecule has 6 heteroatoms. The topological polar surface area (TPSA) is 88.3 Å². The molecule has 0 unspecified atom stereocenters. The molecule has 1 aromatic heterocycles. The highest BCUT2D eigenvalue weighted by atomic mass is 16.6. The van der Waals surface area contributed by atoms with Gasteiger partial charge in [-0.25, -0.2) is 4.98 Å². The Kier molecular flexibility index (Phi) is 4.27. The fraction of sp³-hybridized carbons (Fsp3) is 0.214. The van der Waals surface area contributed by atoms with Gasteiger partial charge in [-0.05, 0) is 23.6 Å². The van der Waals surface area contributed by atoms with Gasteiger partial charge in [-0.1, -0.05) is 24.3 Å². The molecule has 0 aliphatic carbocycles. The van der Waals surface area contributed by atoms with Gasteiger partial charge in [0.1, 0.15) is 0 Å². The number of aryl methyl sites for hydroxylation is 1. The van der Waals surface area contributed by atoms with Crippen LogP contribution in [0.15, 0.2) is 36.5 Å². The standard InChI is InChI=1S/C14H15N3O3/c1-10-6-13(17(19)20)14(15-7-10)16-8-11-2-4-12(9-18)5-3-11/h2-7,18H,8-9H2,1H3,(H,15,16). The SMILES string of the molecule is Cc1cnc(NCc2ccc(CO)cc2)c([N+](=O)[O-])c1. The van der Waals surface area contributed by atoms with E-state index in [0.29, 0.717) is 6.54 Å². The molecule has 2 N–H and O–H groups in total. The van der Waals surface area contributed by atoms with Gasteiger partial charge in [-0.3, -0.25) is 10.1 Å². The van der Waals surface area contributed by atoms with Crippen LogP contribution in [0.1, 0.15) is 16.7 Å². The van der Waals surface area contributed by atoms with Gasteiger partial charge in [0.05, 0.1) is 11.5 Å². The molecule has 2 rings (SSSR count). The lowest BCUT2D eigenvalue weighted by atomic mass is 10.1. The summed E-state index contributed by atoms with van der Waals surface area (Å²) in [5.74, 6) is 0.256. The van der Waals surface area contributed by atoms with Crippen LogP contribution in [0.2, 0.25) is 0 Å². The molecule has 2 aromatic rings. The summed E-state index contributed by atoms with van der Waals surface area (Å²) in [5.41, 5.74) is 2.50. The number of nitro groups is 1. The highest BCUT2D eigenvalue weighted by Crippen LogP contribution is 2.22. The number of aromatic nitrogens is 1. The Labute approximate surface area is 116 Å². The fourth-order valence-corrected chi connectivity index (χ4v) is 1.78. The maximum Gasteiger partial charge on any atom is 0.311 e. The van der Waals surface area contributed by atoms with E-state index < -0.39 is 4.92 Å². The van der Waals surface area contributed by atoms with E-state index in [1.54, 1.807) is 13.1 Å². The zero-order valence-electron chi connectivity index (χ0n) is 11.0. The molecule has 0 bridgehead atoms. The van der Waals surface area contributed by atoms with Crippen molar-refractivity contribution in [2.24, 2.45) is 0 Å². The summed E-state index contributed by atoms with van der Waals surface area (Å²) >= 11 is 0. The molecule has 104 valence electrons. The van der Waals surface area contributed by atoms with Crippen LogP contribution in [-0.4, -0.2) is 15.0 Å². The largest absolute Gasteiger partial charge is 0.392 e. The van der Waals surface area contributed by atoms with Gasteiger partial charge in [-0.2, -0.15) is 0 Å². The van der Waals surface area contributed by atoms with Crippen molar-refractivity contribution in [3.05, 3.63) is 63.3 Å². The Balaban J connectivity index is 2.12. The number of pyridine rings is 1. The summed E-state index contributed by atoms with van der Waals surface area (Å²) in [5, 5.41) is 22.9. The molecule has 0 atom stereocenters. The highest BCUT2D eigenvalue weighted by molar-refractivity contribution is 5.56. The molecule has 0 saturated heterocycles. The van der Waals surface area contributed by atoms with E-state index in [9.17, 15) is 10.1 Å².